The summed E-state index contributed by atoms with van der Waals surface area (Å²) in [6.45, 7) is 0.582. The molecule has 0 saturated heterocycles. The maximum absolute atomic E-state index is 11.9. The Labute approximate surface area is 158 Å². The van der Waals surface area contributed by atoms with Crippen LogP contribution >= 0.6 is 27.7 Å². The standard InChI is InChI=1S/C17H20BrN3O3S/c18-10-5-11(24-6-8-3-1-2-4-8)13-14(19)9(16(20)22)7-25-15(13)12(10)17(21)23/h5,8H,1-4,6-7,19H2,(H2,20,22)(H2,21,23). The maximum atomic E-state index is 11.9. The van der Waals surface area contributed by atoms with Crippen molar-refractivity contribution in [3.05, 3.63) is 27.2 Å². The first-order chi connectivity index (χ1) is 11.9. The van der Waals surface area contributed by atoms with E-state index in [1.807, 2.05) is 0 Å². The molecular weight excluding hydrogens is 406 g/mol. The van der Waals surface area contributed by atoms with E-state index in [-0.39, 0.29) is 5.70 Å². The van der Waals surface area contributed by atoms with Gasteiger partial charge in [-0.05, 0) is 40.8 Å². The van der Waals surface area contributed by atoms with E-state index >= 15 is 0 Å². The first kappa shape index (κ1) is 18.1. The fourth-order valence-corrected chi connectivity index (χ4v) is 5.34. The average Bonchev–Trinajstić information content (AvgIpc) is 3.05. The highest BCUT2D eigenvalue weighted by molar-refractivity contribution is 9.10. The summed E-state index contributed by atoms with van der Waals surface area (Å²) in [7, 11) is 0. The number of rotatable bonds is 5. The summed E-state index contributed by atoms with van der Waals surface area (Å²) in [6, 6.07) is 1.70. The van der Waals surface area contributed by atoms with Crippen LogP contribution in [0.1, 0.15) is 41.6 Å². The number of thioether (sulfide) groups is 1. The van der Waals surface area contributed by atoms with E-state index in [4.69, 9.17) is 21.9 Å². The molecule has 25 heavy (non-hydrogen) atoms. The van der Waals surface area contributed by atoms with Crippen molar-refractivity contribution in [3.63, 3.8) is 0 Å². The Morgan fingerprint density at radius 1 is 1.24 bits per heavy atom. The highest BCUT2D eigenvalue weighted by atomic mass is 79.9. The third-order valence-corrected chi connectivity index (χ3v) is 6.40. The highest BCUT2D eigenvalue weighted by Crippen LogP contribution is 2.45. The van der Waals surface area contributed by atoms with Gasteiger partial charge in [0.15, 0.2) is 0 Å². The van der Waals surface area contributed by atoms with Crippen molar-refractivity contribution in [2.45, 2.75) is 30.6 Å². The lowest BCUT2D eigenvalue weighted by Gasteiger charge is -2.25. The van der Waals surface area contributed by atoms with Crippen LogP contribution in [0.2, 0.25) is 0 Å². The van der Waals surface area contributed by atoms with Crippen molar-refractivity contribution >= 4 is 45.2 Å². The molecule has 0 unspecified atom stereocenters. The molecule has 6 N–H and O–H groups in total. The number of hydrogen-bond donors (Lipinski definition) is 3. The number of carbonyl (C=O) groups excluding carboxylic acids is 2. The van der Waals surface area contributed by atoms with E-state index < -0.39 is 11.8 Å². The lowest BCUT2D eigenvalue weighted by molar-refractivity contribution is -0.114. The molecule has 0 radical (unpaired) electrons. The van der Waals surface area contributed by atoms with Gasteiger partial charge in [-0.2, -0.15) is 0 Å². The van der Waals surface area contributed by atoms with Crippen LogP contribution in [0, 0.1) is 5.92 Å². The molecule has 1 aliphatic carbocycles. The van der Waals surface area contributed by atoms with Gasteiger partial charge in [0, 0.05) is 15.1 Å². The largest absolute Gasteiger partial charge is 0.493 e. The highest BCUT2D eigenvalue weighted by Gasteiger charge is 2.30. The number of benzene rings is 1. The average molecular weight is 426 g/mol. The van der Waals surface area contributed by atoms with E-state index in [2.05, 4.69) is 15.9 Å². The van der Waals surface area contributed by atoms with Crippen LogP contribution in [-0.4, -0.2) is 24.2 Å². The van der Waals surface area contributed by atoms with Crippen molar-refractivity contribution < 1.29 is 14.3 Å². The second-order valence-corrected chi connectivity index (χ2v) is 8.15. The fourth-order valence-electron chi connectivity index (χ4n) is 3.31. The van der Waals surface area contributed by atoms with E-state index in [0.29, 0.717) is 50.1 Å². The summed E-state index contributed by atoms with van der Waals surface area (Å²) in [5.41, 5.74) is 18.7. The predicted octanol–water partition coefficient (Wildman–Crippen LogP) is 2.38. The number of hydrogen-bond acceptors (Lipinski definition) is 5. The molecule has 2 amide bonds. The van der Waals surface area contributed by atoms with Gasteiger partial charge in [0.05, 0.1) is 29.0 Å². The summed E-state index contributed by atoms with van der Waals surface area (Å²) in [5, 5.41) is 0. The van der Waals surface area contributed by atoms with Crippen molar-refractivity contribution in [2.75, 3.05) is 12.4 Å². The molecule has 0 spiro atoms. The van der Waals surface area contributed by atoms with Gasteiger partial charge in [-0.3, -0.25) is 9.59 Å². The van der Waals surface area contributed by atoms with Crippen LogP contribution in [0.15, 0.2) is 21.0 Å². The van der Waals surface area contributed by atoms with E-state index in [1.54, 1.807) is 6.07 Å². The minimum Gasteiger partial charge on any atom is -0.493 e. The molecule has 3 rings (SSSR count). The van der Waals surface area contributed by atoms with Crippen LogP contribution in [-0.2, 0) is 4.79 Å². The van der Waals surface area contributed by atoms with Crippen LogP contribution in [0.5, 0.6) is 5.75 Å². The smallest absolute Gasteiger partial charge is 0.251 e. The van der Waals surface area contributed by atoms with Crippen LogP contribution < -0.4 is 21.9 Å². The van der Waals surface area contributed by atoms with Gasteiger partial charge in [0.2, 0.25) is 5.91 Å². The quantitative estimate of drug-likeness (QED) is 0.668. The number of amides is 2. The third-order valence-electron chi connectivity index (χ3n) is 4.65. The molecule has 6 nitrogen and oxygen atoms in total. The van der Waals surface area contributed by atoms with Crippen molar-refractivity contribution in [3.8, 4) is 5.75 Å². The number of ether oxygens (including phenoxy) is 1. The van der Waals surface area contributed by atoms with Crippen molar-refractivity contribution in [1.29, 1.82) is 0 Å². The lowest BCUT2D eigenvalue weighted by Crippen LogP contribution is -2.25. The van der Waals surface area contributed by atoms with Crippen LogP contribution in [0.3, 0.4) is 0 Å². The van der Waals surface area contributed by atoms with Crippen LogP contribution in [0.25, 0.3) is 5.70 Å². The normalized spacial score (nSPS) is 17.5. The molecule has 0 atom stereocenters. The van der Waals surface area contributed by atoms with Gasteiger partial charge in [-0.1, -0.05) is 12.8 Å². The van der Waals surface area contributed by atoms with Gasteiger partial charge in [0.25, 0.3) is 5.91 Å². The van der Waals surface area contributed by atoms with Gasteiger partial charge in [0.1, 0.15) is 5.75 Å². The Bertz CT molecular complexity index is 773. The molecule has 1 fully saturated rings. The zero-order valence-electron chi connectivity index (χ0n) is 13.6. The molecule has 8 heteroatoms. The van der Waals surface area contributed by atoms with Crippen molar-refractivity contribution in [1.82, 2.24) is 0 Å². The molecule has 1 aromatic rings. The molecule has 0 bridgehead atoms. The maximum Gasteiger partial charge on any atom is 0.251 e. The van der Waals surface area contributed by atoms with Crippen LogP contribution in [0.4, 0.5) is 0 Å². The summed E-state index contributed by atoms with van der Waals surface area (Å²) in [6.07, 6.45) is 4.74. The first-order valence-corrected chi connectivity index (χ1v) is 9.88. The van der Waals surface area contributed by atoms with E-state index in [9.17, 15) is 9.59 Å². The molecule has 2 aliphatic rings. The fraction of sp³-hybridized carbons (Fsp3) is 0.412. The van der Waals surface area contributed by atoms with Gasteiger partial charge in [-0.15, -0.1) is 11.8 Å². The second kappa shape index (κ2) is 7.29. The second-order valence-electron chi connectivity index (χ2n) is 6.31. The minimum absolute atomic E-state index is 0.262. The zero-order chi connectivity index (χ0) is 18.1. The summed E-state index contributed by atoms with van der Waals surface area (Å²) < 4.78 is 6.60. The molecule has 0 aromatic heterocycles. The topological polar surface area (TPSA) is 121 Å². The number of carbonyl (C=O) groups is 2. The van der Waals surface area contributed by atoms with Gasteiger partial charge < -0.3 is 21.9 Å². The molecule has 1 saturated carbocycles. The number of primary amides is 2. The van der Waals surface area contributed by atoms with E-state index in [0.717, 1.165) is 12.8 Å². The van der Waals surface area contributed by atoms with Crippen molar-refractivity contribution in [2.24, 2.45) is 23.1 Å². The zero-order valence-corrected chi connectivity index (χ0v) is 16.0. The summed E-state index contributed by atoms with van der Waals surface area (Å²) in [5.74, 6) is 0.228. The Kier molecular flexibility index (Phi) is 5.29. The first-order valence-electron chi connectivity index (χ1n) is 8.10. The molecule has 1 aliphatic heterocycles. The Morgan fingerprint density at radius 3 is 2.52 bits per heavy atom. The number of fused-ring (bicyclic) bond motifs is 1. The molecule has 1 aromatic carbocycles. The predicted molar refractivity (Wildman–Crippen MR) is 101 cm³/mol. The Balaban J connectivity index is 2.08. The lowest BCUT2D eigenvalue weighted by atomic mass is 10.0. The molecule has 134 valence electrons. The summed E-state index contributed by atoms with van der Waals surface area (Å²) in [4.78, 5) is 24.2. The third kappa shape index (κ3) is 3.50. The number of nitrogens with two attached hydrogens (primary N) is 3. The molecule has 1 heterocycles. The number of halogens is 1. The Morgan fingerprint density at radius 2 is 1.92 bits per heavy atom. The van der Waals surface area contributed by atoms with Gasteiger partial charge in [-0.25, -0.2) is 0 Å². The SMILES string of the molecule is NC(=O)C1=C(N)c2c(OCC3CCCC3)cc(Br)c(C(N)=O)c2SC1. The Hall–Kier alpha value is -1.67. The minimum atomic E-state index is -0.569. The van der Waals surface area contributed by atoms with Gasteiger partial charge >= 0.3 is 0 Å². The summed E-state index contributed by atoms with van der Waals surface area (Å²) >= 11 is 4.72. The van der Waals surface area contributed by atoms with E-state index in [1.165, 1.54) is 24.6 Å². The molecular formula is C17H20BrN3O3S. The monoisotopic (exact) mass is 425 g/mol.